The van der Waals surface area contributed by atoms with Gasteiger partial charge in [-0.25, -0.2) is 10.4 Å². The molecule has 0 atom stereocenters. The highest BCUT2D eigenvalue weighted by molar-refractivity contribution is 7.17. The van der Waals surface area contributed by atoms with Crippen LogP contribution in [0.5, 0.6) is 11.5 Å². The van der Waals surface area contributed by atoms with Gasteiger partial charge in [0.15, 0.2) is 16.6 Å². The van der Waals surface area contributed by atoms with Crippen molar-refractivity contribution in [2.75, 3.05) is 12.8 Å². The Morgan fingerprint density at radius 2 is 1.97 bits per heavy atom. The number of halogens is 3. The molecule has 168 valence electrons. The van der Waals surface area contributed by atoms with Crippen molar-refractivity contribution in [2.24, 2.45) is 5.10 Å². The van der Waals surface area contributed by atoms with Crippen LogP contribution >= 0.6 is 46.1 Å². The van der Waals surface area contributed by atoms with Crippen LogP contribution in [0.15, 0.2) is 35.4 Å². The molecule has 7 nitrogen and oxygen atoms in total. The molecular weight excluding hydrogens is 495 g/mol. The van der Waals surface area contributed by atoms with Crippen molar-refractivity contribution in [2.45, 2.75) is 20.0 Å². The van der Waals surface area contributed by atoms with Crippen LogP contribution < -0.4 is 20.6 Å². The predicted octanol–water partition coefficient (Wildman–Crippen LogP) is 5.60. The van der Waals surface area contributed by atoms with E-state index in [9.17, 15) is 4.79 Å². The van der Waals surface area contributed by atoms with E-state index in [1.54, 1.807) is 30.3 Å². The van der Waals surface area contributed by atoms with Crippen LogP contribution in [-0.4, -0.2) is 24.2 Å². The summed E-state index contributed by atoms with van der Waals surface area (Å²) in [5, 5.41) is 5.53. The number of benzene rings is 2. The third-order valence-electron chi connectivity index (χ3n) is 4.33. The fourth-order valence-corrected chi connectivity index (χ4v) is 4.21. The zero-order chi connectivity index (χ0) is 23.3. The molecule has 0 saturated heterocycles. The SMILES string of the molecule is CCc1nc(N)sc1C(=O)N/N=C\c1ccc(OCc2c(Cl)ccc(Cl)c2Cl)c(OC)c1. The van der Waals surface area contributed by atoms with Crippen LogP contribution in [0.3, 0.4) is 0 Å². The number of nitrogens with one attached hydrogen (secondary N) is 1. The number of nitrogens with two attached hydrogens (primary N) is 1. The molecule has 32 heavy (non-hydrogen) atoms. The number of aryl methyl sites for hydroxylation is 1. The fraction of sp³-hybridized carbons (Fsp3) is 0.190. The maximum atomic E-state index is 12.3. The monoisotopic (exact) mass is 512 g/mol. The summed E-state index contributed by atoms with van der Waals surface area (Å²) in [4.78, 5) is 16.9. The van der Waals surface area contributed by atoms with Crippen molar-refractivity contribution >= 4 is 63.4 Å². The molecule has 0 aliphatic rings. The van der Waals surface area contributed by atoms with Crippen LogP contribution in [0, 0.1) is 0 Å². The highest BCUT2D eigenvalue weighted by Crippen LogP contribution is 2.34. The predicted molar refractivity (Wildman–Crippen MR) is 130 cm³/mol. The molecule has 0 bridgehead atoms. The minimum atomic E-state index is -0.366. The van der Waals surface area contributed by atoms with Crippen molar-refractivity contribution in [1.29, 1.82) is 0 Å². The molecule has 0 radical (unpaired) electrons. The normalized spacial score (nSPS) is 11.0. The lowest BCUT2D eigenvalue weighted by molar-refractivity contribution is 0.0958. The number of hydrogen-bond acceptors (Lipinski definition) is 7. The van der Waals surface area contributed by atoms with Gasteiger partial charge in [-0.15, -0.1) is 0 Å². The maximum absolute atomic E-state index is 12.3. The van der Waals surface area contributed by atoms with E-state index in [0.717, 1.165) is 11.3 Å². The number of carbonyl (C=O) groups excluding carboxylic acids is 1. The molecule has 11 heteroatoms. The van der Waals surface area contributed by atoms with Gasteiger partial charge in [0.25, 0.3) is 5.91 Å². The van der Waals surface area contributed by atoms with Crippen molar-refractivity contribution in [3.63, 3.8) is 0 Å². The number of nitrogens with zero attached hydrogens (tertiary/aromatic N) is 2. The van der Waals surface area contributed by atoms with Gasteiger partial charge in [0.05, 0.1) is 29.1 Å². The Balaban J connectivity index is 1.68. The van der Waals surface area contributed by atoms with E-state index in [1.807, 2.05) is 6.92 Å². The zero-order valence-corrected chi connectivity index (χ0v) is 20.2. The minimum absolute atomic E-state index is 0.107. The first-order valence-corrected chi connectivity index (χ1v) is 11.3. The van der Waals surface area contributed by atoms with Gasteiger partial charge >= 0.3 is 0 Å². The van der Waals surface area contributed by atoms with E-state index >= 15 is 0 Å². The molecule has 1 heterocycles. The molecule has 2 aromatic carbocycles. The molecule has 0 spiro atoms. The van der Waals surface area contributed by atoms with Crippen LogP contribution in [0.4, 0.5) is 5.13 Å². The lowest BCUT2D eigenvalue weighted by Crippen LogP contribution is -2.17. The van der Waals surface area contributed by atoms with E-state index in [-0.39, 0.29) is 12.5 Å². The van der Waals surface area contributed by atoms with Crippen LogP contribution in [0.25, 0.3) is 0 Å². The minimum Gasteiger partial charge on any atom is -0.493 e. The molecule has 1 amide bonds. The summed E-state index contributed by atoms with van der Waals surface area (Å²) in [7, 11) is 1.52. The lowest BCUT2D eigenvalue weighted by atomic mass is 10.2. The van der Waals surface area contributed by atoms with Gasteiger partial charge in [0.2, 0.25) is 0 Å². The van der Waals surface area contributed by atoms with Crippen molar-refractivity contribution in [1.82, 2.24) is 10.4 Å². The average molecular weight is 514 g/mol. The molecule has 0 unspecified atom stereocenters. The maximum Gasteiger partial charge on any atom is 0.283 e. The van der Waals surface area contributed by atoms with Crippen LogP contribution in [0.1, 0.15) is 33.4 Å². The standard InChI is InChI=1S/C21H19Cl3N4O3S/c1-3-15-19(32-21(25)27-15)20(29)28-26-9-11-4-7-16(17(8-11)30-2)31-10-12-13(22)5-6-14(23)18(12)24/h4-9H,3,10H2,1-2H3,(H2,25,27)(H,28,29)/b26-9-. The van der Waals surface area contributed by atoms with Crippen molar-refractivity contribution in [3.05, 3.63) is 67.1 Å². The quantitative estimate of drug-likeness (QED) is 0.232. The molecule has 0 aliphatic heterocycles. The van der Waals surface area contributed by atoms with E-state index in [0.29, 0.717) is 59.8 Å². The van der Waals surface area contributed by atoms with Crippen molar-refractivity contribution in [3.8, 4) is 11.5 Å². The number of nitrogen functional groups attached to an aromatic ring is 1. The molecule has 0 saturated carbocycles. The number of hydrogen-bond donors (Lipinski definition) is 2. The van der Waals surface area contributed by atoms with Crippen molar-refractivity contribution < 1.29 is 14.3 Å². The number of aromatic nitrogens is 1. The van der Waals surface area contributed by atoms with Crippen LogP contribution in [-0.2, 0) is 13.0 Å². The third kappa shape index (κ3) is 5.63. The van der Waals surface area contributed by atoms with E-state index in [4.69, 9.17) is 50.0 Å². The zero-order valence-electron chi connectivity index (χ0n) is 17.1. The Labute approximate surface area is 204 Å². The van der Waals surface area contributed by atoms with Gasteiger partial charge in [0.1, 0.15) is 11.5 Å². The molecule has 3 rings (SSSR count). The summed E-state index contributed by atoms with van der Waals surface area (Å²) in [6.07, 6.45) is 2.09. The Morgan fingerprint density at radius 1 is 1.22 bits per heavy atom. The van der Waals surface area contributed by atoms with Gasteiger partial charge < -0.3 is 15.2 Å². The first-order chi connectivity index (χ1) is 15.3. The van der Waals surface area contributed by atoms with E-state index in [1.165, 1.54) is 13.3 Å². The molecule has 3 aromatic rings. The highest BCUT2D eigenvalue weighted by Gasteiger charge is 2.15. The molecule has 3 N–H and O–H groups in total. The number of carbonyl (C=O) groups is 1. The van der Waals surface area contributed by atoms with E-state index < -0.39 is 0 Å². The highest BCUT2D eigenvalue weighted by atomic mass is 35.5. The average Bonchev–Trinajstić information content (AvgIpc) is 3.17. The van der Waals surface area contributed by atoms with Crippen LogP contribution in [0.2, 0.25) is 15.1 Å². The van der Waals surface area contributed by atoms with Gasteiger partial charge in [0, 0.05) is 10.6 Å². The Bertz CT molecular complexity index is 1170. The summed E-state index contributed by atoms with van der Waals surface area (Å²) in [6, 6.07) is 8.47. The van der Waals surface area contributed by atoms with E-state index in [2.05, 4.69) is 15.5 Å². The molecule has 0 fully saturated rings. The Hall–Kier alpha value is -2.52. The summed E-state index contributed by atoms with van der Waals surface area (Å²) in [6.45, 7) is 2.01. The number of methoxy groups -OCH3 is 1. The summed E-state index contributed by atoms with van der Waals surface area (Å²) in [5.74, 6) is 0.584. The first-order valence-electron chi connectivity index (χ1n) is 9.35. The molecule has 0 aliphatic carbocycles. The van der Waals surface area contributed by atoms with Gasteiger partial charge in [-0.1, -0.05) is 53.1 Å². The van der Waals surface area contributed by atoms with Gasteiger partial charge in [-0.3, -0.25) is 4.79 Å². The molecule has 1 aromatic heterocycles. The number of amides is 1. The van der Waals surface area contributed by atoms with Gasteiger partial charge in [-0.05, 0) is 42.3 Å². The largest absolute Gasteiger partial charge is 0.493 e. The topological polar surface area (TPSA) is 98.8 Å². The lowest BCUT2D eigenvalue weighted by Gasteiger charge is -2.13. The number of rotatable bonds is 8. The smallest absolute Gasteiger partial charge is 0.283 e. The summed E-state index contributed by atoms with van der Waals surface area (Å²) >= 11 is 19.6. The summed E-state index contributed by atoms with van der Waals surface area (Å²) in [5.41, 5.74) is 10.1. The second-order valence-corrected chi connectivity index (χ2v) is 8.62. The number of hydrazone groups is 1. The summed E-state index contributed by atoms with van der Waals surface area (Å²) < 4.78 is 11.2. The fourth-order valence-electron chi connectivity index (χ4n) is 2.74. The third-order valence-corrected chi connectivity index (χ3v) is 6.46. The Morgan fingerprint density at radius 3 is 2.69 bits per heavy atom. The van der Waals surface area contributed by atoms with Gasteiger partial charge in [-0.2, -0.15) is 5.10 Å². The first kappa shape index (κ1) is 24.1. The second kappa shape index (κ2) is 10.9. The number of anilines is 1. The number of ether oxygens (including phenoxy) is 2. The molecular formula is C21H19Cl3N4O3S. The Kier molecular flexibility index (Phi) is 8.20. The number of thiazole rings is 1. The second-order valence-electron chi connectivity index (χ2n) is 6.40.